The van der Waals surface area contributed by atoms with E-state index in [-0.39, 0.29) is 11.3 Å². The van der Waals surface area contributed by atoms with Crippen LogP contribution in [-0.4, -0.2) is 68.6 Å². The van der Waals surface area contributed by atoms with Crippen molar-refractivity contribution in [2.45, 2.75) is 37.4 Å². The van der Waals surface area contributed by atoms with Crippen LogP contribution in [0.4, 0.5) is 4.39 Å². The third-order valence-electron chi connectivity index (χ3n) is 6.90. The Kier molecular flexibility index (Phi) is 10.4. The van der Waals surface area contributed by atoms with E-state index in [2.05, 4.69) is 18.2 Å². The number of carboxylic acids is 2. The number of piperidine rings is 1. The van der Waals surface area contributed by atoms with Gasteiger partial charge in [-0.3, -0.25) is 0 Å². The molecule has 5 rings (SSSR count). The van der Waals surface area contributed by atoms with Gasteiger partial charge in [0.2, 0.25) is 0 Å². The van der Waals surface area contributed by atoms with Gasteiger partial charge < -0.3 is 44.3 Å². The predicted molar refractivity (Wildman–Crippen MR) is 130 cm³/mol. The Hall–Kier alpha value is -3.25. The molecule has 0 saturated carbocycles. The first-order valence-electron chi connectivity index (χ1n) is 12.6. The standard InChI is InChI=1S/C25H30FNO4.C2H2O4.H2O/c26-22-7-5-21(6-8-22)25(30-15-16-31-25)10-2-12-27-11-1-3-20(18-27)19-4-9-23-24(17-19)29-14-13-28-23;3-1(4)2(5)6;/h4-9,17,20H,1-3,10-16,18H2;(H,3,4)(H,5,6);1H2. The number of rotatable bonds is 6. The number of carbonyl (C=O) groups excluding carboxylic acids is 1. The molecule has 0 amide bonds. The van der Waals surface area contributed by atoms with E-state index in [4.69, 9.17) is 38.7 Å². The third kappa shape index (κ3) is 7.41. The first kappa shape index (κ1) is 29.3. The summed E-state index contributed by atoms with van der Waals surface area (Å²) < 4.78 is 36.9. The molecule has 0 bridgehead atoms. The average molecular weight is 536 g/mol. The van der Waals surface area contributed by atoms with Crippen LogP contribution in [0.3, 0.4) is 0 Å². The van der Waals surface area contributed by atoms with Crippen LogP contribution in [0.1, 0.15) is 42.7 Å². The number of benzene rings is 2. The number of hydrogen-bond acceptors (Lipinski definition) is 7. The lowest BCUT2D eigenvalue weighted by atomic mass is 9.90. The molecule has 3 heterocycles. The fourth-order valence-electron chi connectivity index (χ4n) is 5.16. The summed E-state index contributed by atoms with van der Waals surface area (Å²) in [4.78, 5) is 19.6. The number of hydrogen-bond donors (Lipinski definition) is 2. The highest BCUT2D eigenvalue weighted by molar-refractivity contribution is 6.26. The van der Waals surface area contributed by atoms with Crippen LogP contribution in [0.25, 0.3) is 0 Å². The van der Waals surface area contributed by atoms with E-state index < -0.39 is 17.7 Å². The van der Waals surface area contributed by atoms with Gasteiger partial charge in [0.15, 0.2) is 23.3 Å². The Balaban J connectivity index is 0.000000516. The molecule has 0 spiro atoms. The third-order valence-corrected chi connectivity index (χ3v) is 6.90. The first-order chi connectivity index (χ1) is 17.9. The SMILES string of the molecule is Fc1ccc(C2(CCC[NH+]3CCCC(c4ccc5c(c4)OCCO5)C3)OCCO2)cc1.O.O=C([O-])C(=O)O. The van der Waals surface area contributed by atoms with E-state index in [9.17, 15) is 4.39 Å². The van der Waals surface area contributed by atoms with Crippen molar-refractivity contribution in [3.05, 3.63) is 59.4 Å². The summed E-state index contributed by atoms with van der Waals surface area (Å²) in [5, 5.41) is 16.3. The maximum Gasteiger partial charge on any atom is 0.351 e. The van der Waals surface area contributed by atoms with E-state index in [1.807, 2.05) is 0 Å². The van der Waals surface area contributed by atoms with Gasteiger partial charge in [-0.05, 0) is 42.7 Å². The highest BCUT2D eigenvalue weighted by Crippen LogP contribution is 2.36. The molecular weight excluding hydrogens is 501 g/mol. The van der Waals surface area contributed by atoms with Crippen LogP contribution in [-0.2, 0) is 24.8 Å². The van der Waals surface area contributed by atoms with Gasteiger partial charge >= 0.3 is 5.97 Å². The molecule has 2 unspecified atom stereocenters. The summed E-state index contributed by atoms with van der Waals surface area (Å²) in [7, 11) is 0. The summed E-state index contributed by atoms with van der Waals surface area (Å²) in [6.07, 6.45) is 4.23. The summed E-state index contributed by atoms with van der Waals surface area (Å²) in [5.41, 5.74) is 2.26. The number of ether oxygens (including phenoxy) is 4. The second-order valence-corrected chi connectivity index (χ2v) is 9.35. The van der Waals surface area contributed by atoms with E-state index in [0.717, 1.165) is 43.0 Å². The Morgan fingerprint density at radius 2 is 1.68 bits per heavy atom. The van der Waals surface area contributed by atoms with E-state index >= 15 is 0 Å². The quantitative estimate of drug-likeness (QED) is 0.492. The molecule has 38 heavy (non-hydrogen) atoms. The van der Waals surface area contributed by atoms with Gasteiger partial charge in [-0.2, -0.15) is 0 Å². The average Bonchev–Trinajstić information content (AvgIpc) is 3.39. The van der Waals surface area contributed by atoms with Gasteiger partial charge in [0.25, 0.3) is 0 Å². The summed E-state index contributed by atoms with van der Waals surface area (Å²) in [6, 6.07) is 13.0. The van der Waals surface area contributed by atoms with E-state index in [0.29, 0.717) is 32.3 Å². The zero-order chi connectivity index (χ0) is 26.3. The number of carbonyl (C=O) groups is 2. The van der Waals surface area contributed by atoms with Crippen molar-refractivity contribution >= 4 is 11.9 Å². The van der Waals surface area contributed by atoms with Crippen molar-refractivity contribution in [2.75, 3.05) is 46.1 Å². The Morgan fingerprint density at radius 3 is 2.34 bits per heavy atom. The Bertz CT molecular complexity index is 1060. The number of halogens is 1. The van der Waals surface area contributed by atoms with Gasteiger partial charge in [-0.1, -0.05) is 18.2 Å². The van der Waals surface area contributed by atoms with Crippen LogP contribution in [0.5, 0.6) is 11.5 Å². The molecule has 2 aromatic carbocycles. The molecular formula is C27H34FNO9. The smallest absolute Gasteiger partial charge is 0.351 e. The van der Waals surface area contributed by atoms with Crippen molar-refractivity contribution in [1.82, 2.24) is 0 Å². The molecule has 4 N–H and O–H groups in total. The van der Waals surface area contributed by atoms with Crippen LogP contribution in [0.2, 0.25) is 0 Å². The number of carboxylic acid groups (broad SMARTS) is 2. The normalized spacial score (nSPS) is 21.4. The lowest BCUT2D eigenvalue weighted by Crippen LogP contribution is -3.13. The molecule has 2 atom stereocenters. The van der Waals surface area contributed by atoms with Gasteiger partial charge in [-0.15, -0.1) is 0 Å². The largest absolute Gasteiger partial charge is 0.539 e. The zero-order valence-corrected chi connectivity index (χ0v) is 21.1. The maximum absolute atomic E-state index is 13.4. The van der Waals surface area contributed by atoms with Gasteiger partial charge in [-0.25, -0.2) is 9.18 Å². The number of quaternary nitrogens is 1. The molecule has 0 aromatic heterocycles. The van der Waals surface area contributed by atoms with Crippen LogP contribution < -0.4 is 19.5 Å². The molecule has 0 radical (unpaired) electrons. The molecule has 2 fully saturated rings. The van der Waals surface area contributed by atoms with Crippen LogP contribution in [0.15, 0.2) is 42.5 Å². The molecule has 3 aliphatic rings. The highest BCUT2D eigenvalue weighted by atomic mass is 19.1. The van der Waals surface area contributed by atoms with Gasteiger partial charge in [0.05, 0.1) is 32.8 Å². The zero-order valence-electron chi connectivity index (χ0n) is 21.1. The molecule has 0 aliphatic carbocycles. The van der Waals surface area contributed by atoms with Crippen molar-refractivity contribution in [2.24, 2.45) is 0 Å². The molecule has 3 aliphatic heterocycles. The second-order valence-electron chi connectivity index (χ2n) is 9.35. The molecule has 11 heteroatoms. The fraction of sp³-hybridized carbons (Fsp3) is 0.481. The number of likely N-dealkylation sites (tertiary alicyclic amines) is 1. The van der Waals surface area contributed by atoms with Crippen molar-refractivity contribution < 1.29 is 53.5 Å². The topological polar surface area (TPSA) is 150 Å². The van der Waals surface area contributed by atoms with Crippen LogP contribution in [0, 0.1) is 5.82 Å². The summed E-state index contributed by atoms with van der Waals surface area (Å²) in [6.45, 7) is 5.83. The van der Waals surface area contributed by atoms with Crippen LogP contribution >= 0.6 is 0 Å². The lowest BCUT2D eigenvalue weighted by Gasteiger charge is -2.32. The minimum absolute atomic E-state index is 0. The monoisotopic (exact) mass is 535 g/mol. The maximum atomic E-state index is 13.4. The number of fused-ring (bicyclic) bond motifs is 1. The van der Waals surface area contributed by atoms with E-state index in [1.165, 1.54) is 37.1 Å². The number of nitrogens with one attached hydrogen (secondary N) is 1. The van der Waals surface area contributed by atoms with Gasteiger partial charge in [0.1, 0.15) is 19.0 Å². The minimum atomic E-state index is -2.07. The number of aliphatic carboxylic acids is 2. The molecule has 10 nitrogen and oxygen atoms in total. The first-order valence-corrected chi connectivity index (χ1v) is 12.6. The highest BCUT2D eigenvalue weighted by Gasteiger charge is 2.38. The molecule has 2 aromatic rings. The summed E-state index contributed by atoms with van der Waals surface area (Å²) >= 11 is 0. The lowest BCUT2D eigenvalue weighted by molar-refractivity contribution is -0.906. The Morgan fingerprint density at radius 1 is 1.03 bits per heavy atom. The minimum Gasteiger partial charge on any atom is -0.539 e. The summed E-state index contributed by atoms with van der Waals surface area (Å²) in [5.74, 6) is -2.68. The van der Waals surface area contributed by atoms with E-state index in [1.54, 1.807) is 17.0 Å². The Labute approximate surface area is 220 Å². The predicted octanol–water partition coefficient (Wildman–Crippen LogP) is 0.0354. The van der Waals surface area contributed by atoms with Gasteiger partial charge in [0, 0.05) is 24.3 Å². The second kappa shape index (κ2) is 13.5. The molecule has 208 valence electrons. The fourth-order valence-corrected chi connectivity index (χ4v) is 5.16. The van der Waals surface area contributed by atoms with Crippen molar-refractivity contribution in [3.63, 3.8) is 0 Å². The van der Waals surface area contributed by atoms with Crippen molar-refractivity contribution in [3.8, 4) is 11.5 Å². The van der Waals surface area contributed by atoms with Crippen molar-refractivity contribution in [1.29, 1.82) is 0 Å². The molecule has 2 saturated heterocycles.